The first-order valence-corrected chi connectivity index (χ1v) is 17.8. The Morgan fingerprint density at radius 2 is 0.827 bits per heavy atom. The van der Waals surface area contributed by atoms with E-state index in [2.05, 4.69) is 205 Å². The Bertz CT molecular complexity index is 2890. The maximum atomic E-state index is 6.46. The van der Waals surface area contributed by atoms with Crippen LogP contribution in [0.15, 0.2) is 205 Å². The van der Waals surface area contributed by atoms with E-state index in [-0.39, 0.29) is 0 Å². The molecule has 0 saturated carbocycles. The first kappa shape index (κ1) is 30.0. The second kappa shape index (κ2) is 12.5. The van der Waals surface area contributed by atoms with Gasteiger partial charge >= 0.3 is 0 Å². The Hall–Kier alpha value is -6.90. The molecule has 2 nitrogen and oxygen atoms in total. The summed E-state index contributed by atoms with van der Waals surface area (Å²) in [6.45, 7) is 0. The zero-order valence-corrected chi connectivity index (χ0v) is 28.4. The van der Waals surface area contributed by atoms with Gasteiger partial charge < -0.3 is 9.32 Å². The van der Waals surface area contributed by atoms with E-state index < -0.39 is 0 Å². The van der Waals surface area contributed by atoms with E-state index in [1.807, 2.05) is 0 Å². The van der Waals surface area contributed by atoms with E-state index in [0.29, 0.717) is 0 Å². The van der Waals surface area contributed by atoms with Crippen LogP contribution in [0.3, 0.4) is 0 Å². The summed E-state index contributed by atoms with van der Waals surface area (Å²) in [6.07, 6.45) is 0. The van der Waals surface area contributed by atoms with E-state index >= 15 is 0 Å². The van der Waals surface area contributed by atoms with Crippen molar-refractivity contribution in [3.8, 4) is 33.4 Å². The lowest BCUT2D eigenvalue weighted by Gasteiger charge is -2.28. The van der Waals surface area contributed by atoms with Gasteiger partial charge in [-0.15, -0.1) is 0 Å². The highest BCUT2D eigenvalue weighted by Gasteiger charge is 2.19. The summed E-state index contributed by atoms with van der Waals surface area (Å²) in [4.78, 5) is 2.37. The zero-order valence-electron chi connectivity index (χ0n) is 28.4. The molecule has 10 rings (SSSR count). The van der Waals surface area contributed by atoms with E-state index in [4.69, 9.17) is 4.42 Å². The van der Waals surface area contributed by atoms with Crippen molar-refractivity contribution < 1.29 is 4.42 Å². The van der Waals surface area contributed by atoms with Gasteiger partial charge in [0.05, 0.1) is 5.69 Å². The van der Waals surface area contributed by atoms with E-state index in [9.17, 15) is 0 Å². The number of rotatable bonds is 6. The molecule has 1 heterocycles. The first-order chi connectivity index (χ1) is 25.8. The molecule has 0 fully saturated rings. The third-order valence-electron chi connectivity index (χ3n) is 10.3. The van der Waals surface area contributed by atoms with Crippen molar-refractivity contribution in [1.29, 1.82) is 0 Å². The van der Waals surface area contributed by atoms with Crippen LogP contribution < -0.4 is 4.90 Å². The van der Waals surface area contributed by atoms with Crippen molar-refractivity contribution in [2.24, 2.45) is 0 Å². The predicted octanol–water partition coefficient (Wildman–Crippen LogP) is 14.4. The van der Waals surface area contributed by atoms with Crippen molar-refractivity contribution in [2.75, 3.05) is 4.90 Å². The van der Waals surface area contributed by atoms with Crippen LogP contribution in [0.2, 0.25) is 0 Å². The molecule has 9 aromatic carbocycles. The summed E-state index contributed by atoms with van der Waals surface area (Å²) < 4.78 is 6.46. The number of anilines is 3. The Morgan fingerprint density at radius 1 is 0.308 bits per heavy atom. The van der Waals surface area contributed by atoms with Gasteiger partial charge in [-0.2, -0.15) is 0 Å². The number of hydrogen-bond donors (Lipinski definition) is 0. The van der Waals surface area contributed by atoms with Crippen molar-refractivity contribution in [3.05, 3.63) is 200 Å². The molecule has 10 aromatic rings. The van der Waals surface area contributed by atoms with E-state index in [1.165, 1.54) is 54.9 Å². The third kappa shape index (κ3) is 5.21. The number of hydrogen-bond acceptors (Lipinski definition) is 2. The molecule has 244 valence electrons. The van der Waals surface area contributed by atoms with Crippen LogP contribution in [0, 0.1) is 0 Å². The van der Waals surface area contributed by atoms with Gasteiger partial charge in [0.2, 0.25) is 0 Å². The molecule has 0 radical (unpaired) electrons. The molecule has 0 saturated heterocycles. The number of para-hydroxylation sites is 1. The summed E-state index contributed by atoms with van der Waals surface area (Å²) >= 11 is 0. The summed E-state index contributed by atoms with van der Waals surface area (Å²) in [5.74, 6) is 0. The zero-order chi connectivity index (χ0) is 34.4. The average molecular weight is 664 g/mol. The van der Waals surface area contributed by atoms with Gasteiger partial charge in [0.1, 0.15) is 11.2 Å². The maximum Gasteiger partial charge on any atom is 0.135 e. The van der Waals surface area contributed by atoms with Crippen LogP contribution in [0.5, 0.6) is 0 Å². The van der Waals surface area contributed by atoms with Crippen LogP contribution in [-0.2, 0) is 0 Å². The fourth-order valence-corrected chi connectivity index (χ4v) is 7.66. The van der Waals surface area contributed by atoms with E-state index in [0.717, 1.165) is 39.0 Å². The van der Waals surface area contributed by atoms with Gasteiger partial charge in [0, 0.05) is 27.7 Å². The monoisotopic (exact) mass is 663 g/mol. The van der Waals surface area contributed by atoms with Crippen molar-refractivity contribution in [1.82, 2.24) is 0 Å². The van der Waals surface area contributed by atoms with Gasteiger partial charge in [-0.1, -0.05) is 146 Å². The lowest BCUT2D eigenvalue weighted by molar-refractivity contribution is 0.669. The molecule has 0 aliphatic heterocycles. The first-order valence-electron chi connectivity index (χ1n) is 17.8. The van der Waals surface area contributed by atoms with Gasteiger partial charge in [-0.05, 0) is 104 Å². The number of furan rings is 1. The van der Waals surface area contributed by atoms with Crippen LogP contribution >= 0.6 is 0 Å². The van der Waals surface area contributed by atoms with Gasteiger partial charge in [0.15, 0.2) is 0 Å². The molecule has 0 unspecified atom stereocenters. The molecular weight excluding hydrogens is 631 g/mol. The van der Waals surface area contributed by atoms with Crippen LogP contribution in [0.4, 0.5) is 17.1 Å². The third-order valence-corrected chi connectivity index (χ3v) is 10.3. The molecule has 0 bridgehead atoms. The van der Waals surface area contributed by atoms with E-state index in [1.54, 1.807) is 0 Å². The summed E-state index contributed by atoms with van der Waals surface area (Å²) in [7, 11) is 0. The molecule has 0 atom stereocenters. The molecule has 0 aliphatic carbocycles. The second-order valence-electron chi connectivity index (χ2n) is 13.3. The van der Waals surface area contributed by atoms with Crippen LogP contribution in [0.1, 0.15) is 0 Å². The number of fused-ring (bicyclic) bond motifs is 6. The quantitative estimate of drug-likeness (QED) is 0.165. The minimum Gasteiger partial charge on any atom is -0.456 e. The minimum absolute atomic E-state index is 0.871. The summed E-state index contributed by atoms with van der Waals surface area (Å²) in [5.41, 5.74) is 12.1. The maximum absolute atomic E-state index is 6.46. The van der Waals surface area contributed by atoms with Crippen LogP contribution in [-0.4, -0.2) is 0 Å². The lowest BCUT2D eigenvalue weighted by Crippen LogP contribution is -2.11. The SMILES string of the molecule is c1ccc(-c2ccc(N(c3ccc4oc5ccc(-c6ccc7ccc8ccccc8c7c6)cc5c4c3)c3ccccc3-c3ccccc3)cc2)cc1. The van der Waals surface area contributed by atoms with Gasteiger partial charge in [-0.25, -0.2) is 0 Å². The predicted molar refractivity (Wildman–Crippen MR) is 220 cm³/mol. The number of benzene rings is 9. The highest BCUT2D eigenvalue weighted by atomic mass is 16.3. The largest absolute Gasteiger partial charge is 0.456 e. The normalized spacial score (nSPS) is 11.5. The molecular formula is C50H33NO. The second-order valence-corrected chi connectivity index (χ2v) is 13.3. The fraction of sp³-hybridized carbons (Fsp3) is 0. The molecule has 0 spiro atoms. The van der Waals surface area contributed by atoms with Gasteiger partial charge in [-0.3, -0.25) is 0 Å². The molecule has 0 amide bonds. The minimum atomic E-state index is 0.871. The molecule has 0 N–H and O–H groups in total. The summed E-state index contributed by atoms with van der Waals surface area (Å²) in [5, 5.41) is 7.22. The highest BCUT2D eigenvalue weighted by Crippen LogP contribution is 2.43. The Labute approximate surface area is 302 Å². The molecule has 1 aromatic heterocycles. The van der Waals surface area contributed by atoms with Crippen molar-refractivity contribution in [2.45, 2.75) is 0 Å². The Morgan fingerprint density at radius 3 is 1.62 bits per heavy atom. The van der Waals surface area contributed by atoms with Crippen molar-refractivity contribution >= 4 is 60.5 Å². The molecule has 0 aliphatic rings. The Kier molecular flexibility index (Phi) is 7.18. The molecule has 2 heteroatoms. The van der Waals surface area contributed by atoms with Crippen molar-refractivity contribution in [3.63, 3.8) is 0 Å². The number of nitrogens with zero attached hydrogens (tertiary/aromatic N) is 1. The topological polar surface area (TPSA) is 16.4 Å². The lowest BCUT2D eigenvalue weighted by atomic mass is 9.96. The fourth-order valence-electron chi connectivity index (χ4n) is 7.66. The standard InChI is InChI=1S/C50H33NO/c1-3-11-34(12-4-1)35-23-26-41(27-24-35)51(48-18-10-9-17-44(48)36-13-5-2-6-14-36)42-28-30-50-47(33-42)46-32-40(25-29-49(46)52-50)39-22-21-38-20-19-37-15-7-8-16-43(37)45(38)31-39/h1-33H. The smallest absolute Gasteiger partial charge is 0.135 e. The van der Waals surface area contributed by atoms with Crippen LogP contribution in [0.25, 0.3) is 76.9 Å². The summed E-state index contributed by atoms with van der Waals surface area (Å²) in [6, 6.07) is 71.7. The average Bonchev–Trinajstić information content (AvgIpc) is 3.59. The molecule has 52 heavy (non-hydrogen) atoms. The highest BCUT2D eigenvalue weighted by molar-refractivity contribution is 6.10. The Balaban J connectivity index is 1.13. The van der Waals surface area contributed by atoms with Gasteiger partial charge in [0.25, 0.3) is 0 Å².